The Balaban J connectivity index is 0.00000480. The molecule has 0 spiro atoms. The Morgan fingerprint density at radius 2 is 1.61 bits per heavy atom. The Labute approximate surface area is 273 Å². The van der Waals surface area contributed by atoms with Gasteiger partial charge in [0.1, 0.15) is 10.8 Å². The molecule has 5 rings (SSSR count). The van der Waals surface area contributed by atoms with Gasteiger partial charge in [0.05, 0.1) is 29.7 Å². The predicted octanol–water partition coefficient (Wildman–Crippen LogP) is 5.87. The number of urea groups is 1. The number of alkyl halides is 3. The number of aromatic hydroxyl groups is 1. The summed E-state index contributed by atoms with van der Waals surface area (Å²) < 4.78 is 39.6. The molecule has 2 heterocycles. The Hall–Kier alpha value is -4.50. The number of amides is 3. The minimum absolute atomic E-state index is 0. The average molecular weight is 674 g/mol. The monoisotopic (exact) mass is 673 g/mol. The molecule has 15 heteroatoms. The Morgan fingerprint density at radius 3 is 2.33 bits per heavy atom. The third kappa shape index (κ3) is 9.50. The van der Waals surface area contributed by atoms with Crippen molar-refractivity contribution in [2.24, 2.45) is 5.10 Å². The van der Waals surface area contributed by atoms with E-state index < -0.39 is 17.8 Å². The first-order chi connectivity index (χ1) is 21.6. The fraction of sp³-hybridized carbons (Fsp3) is 0.226. The van der Waals surface area contributed by atoms with E-state index in [-0.39, 0.29) is 36.3 Å². The zero-order valence-electron chi connectivity index (χ0n) is 24.3. The smallest absolute Gasteiger partial charge is 0.418 e. The van der Waals surface area contributed by atoms with E-state index in [0.717, 1.165) is 48.5 Å². The number of piperazine rings is 1. The molecule has 4 aromatic rings. The summed E-state index contributed by atoms with van der Waals surface area (Å²) in [5.41, 5.74) is 3.96. The molecule has 1 aliphatic heterocycles. The van der Waals surface area contributed by atoms with Gasteiger partial charge in [0.25, 0.3) is 5.91 Å². The van der Waals surface area contributed by atoms with Crippen molar-refractivity contribution >= 4 is 53.3 Å². The molecule has 0 aliphatic carbocycles. The zero-order valence-corrected chi connectivity index (χ0v) is 26.0. The predicted molar refractivity (Wildman–Crippen MR) is 174 cm³/mol. The molecule has 0 unspecified atom stereocenters. The van der Waals surface area contributed by atoms with E-state index in [2.05, 4.69) is 31.0 Å². The lowest BCUT2D eigenvalue weighted by atomic mass is 10.1. The van der Waals surface area contributed by atoms with Gasteiger partial charge in [-0.25, -0.2) is 15.2 Å². The van der Waals surface area contributed by atoms with Crippen molar-refractivity contribution in [2.45, 2.75) is 12.7 Å². The summed E-state index contributed by atoms with van der Waals surface area (Å²) in [6, 6.07) is 17.6. The van der Waals surface area contributed by atoms with Crippen LogP contribution in [0.15, 0.2) is 83.3 Å². The Morgan fingerprint density at radius 1 is 0.935 bits per heavy atom. The minimum Gasteiger partial charge on any atom is -0.507 e. The number of para-hydroxylation sites is 2. The highest BCUT2D eigenvalue weighted by atomic mass is 35.5. The van der Waals surface area contributed by atoms with Crippen LogP contribution < -0.4 is 16.1 Å². The third-order valence-corrected chi connectivity index (χ3v) is 7.91. The molecule has 1 saturated heterocycles. The van der Waals surface area contributed by atoms with Gasteiger partial charge in [0, 0.05) is 54.9 Å². The van der Waals surface area contributed by atoms with Crippen LogP contribution in [-0.2, 0) is 17.5 Å². The number of nitrogens with zero attached hydrogens (tertiary/aromatic N) is 4. The number of thiazole rings is 1. The summed E-state index contributed by atoms with van der Waals surface area (Å²) >= 11 is 1.50. The lowest BCUT2D eigenvalue weighted by Crippen LogP contribution is -2.48. The van der Waals surface area contributed by atoms with Crippen LogP contribution in [0, 0.1) is 0 Å². The zero-order chi connectivity index (χ0) is 31.8. The van der Waals surface area contributed by atoms with Gasteiger partial charge in [0.2, 0.25) is 0 Å². The van der Waals surface area contributed by atoms with Crippen molar-refractivity contribution in [3.05, 3.63) is 95.0 Å². The van der Waals surface area contributed by atoms with E-state index in [0.29, 0.717) is 17.8 Å². The average Bonchev–Trinajstić information content (AvgIpc) is 3.47. The largest absolute Gasteiger partial charge is 0.507 e. The summed E-state index contributed by atoms with van der Waals surface area (Å²) in [6.07, 6.45) is -3.18. The highest BCUT2D eigenvalue weighted by Crippen LogP contribution is 2.34. The SMILES string of the molecule is Cl.O=C(CN1CCN(Cc2csc(-c3ccc(NC(=O)Nc4ccccc4C(F)(F)F)cc3)n2)CC1)N/N=C/c1ccccc1O. The number of hydrogen-bond donors (Lipinski definition) is 4. The van der Waals surface area contributed by atoms with Crippen molar-refractivity contribution in [3.63, 3.8) is 0 Å². The maximum atomic E-state index is 13.2. The first-order valence-corrected chi connectivity index (χ1v) is 14.9. The normalized spacial score (nSPS) is 14.1. The minimum atomic E-state index is -4.59. The number of anilines is 2. The molecule has 3 amide bonds. The molecule has 46 heavy (non-hydrogen) atoms. The fourth-order valence-corrected chi connectivity index (χ4v) is 5.49. The Kier molecular flexibility index (Phi) is 11.7. The summed E-state index contributed by atoms with van der Waals surface area (Å²) in [5.74, 6) is -0.140. The molecule has 3 aromatic carbocycles. The second-order valence-electron chi connectivity index (χ2n) is 10.2. The molecule has 0 radical (unpaired) electrons. The summed E-state index contributed by atoms with van der Waals surface area (Å²) in [7, 11) is 0. The lowest BCUT2D eigenvalue weighted by Gasteiger charge is -2.33. The number of phenolic OH excluding ortho intramolecular Hbond substituents is 1. The maximum Gasteiger partial charge on any atom is 0.418 e. The van der Waals surface area contributed by atoms with Gasteiger partial charge < -0.3 is 15.7 Å². The van der Waals surface area contributed by atoms with E-state index in [4.69, 9.17) is 4.98 Å². The summed E-state index contributed by atoms with van der Waals surface area (Å²) in [5, 5.41) is 21.3. The van der Waals surface area contributed by atoms with Crippen molar-refractivity contribution in [3.8, 4) is 16.3 Å². The van der Waals surface area contributed by atoms with Crippen molar-refractivity contribution in [1.82, 2.24) is 20.2 Å². The second-order valence-corrected chi connectivity index (χ2v) is 11.1. The number of halogens is 4. The van der Waals surface area contributed by atoms with Gasteiger partial charge in [0.15, 0.2) is 0 Å². The molecule has 4 N–H and O–H groups in total. The van der Waals surface area contributed by atoms with Crippen LogP contribution in [0.2, 0.25) is 0 Å². The molecule has 0 bridgehead atoms. The molecule has 1 aromatic heterocycles. The molecule has 0 saturated carbocycles. The molecule has 10 nitrogen and oxygen atoms in total. The number of carbonyl (C=O) groups is 2. The van der Waals surface area contributed by atoms with Gasteiger partial charge in [-0.2, -0.15) is 18.3 Å². The van der Waals surface area contributed by atoms with E-state index in [1.807, 2.05) is 5.38 Å². The number of benzene rings is 3. The van der Waals surface area contributed by atoms with E-state index >= 15 is 0 Å². The van der Waals surface area contributed by atoms with Crippen LogP contribution in [0.4, 0.5) is 29.3 Å². The molecular weight excluding hydrogens is 643 g/mol. The van der Waals surface area contributed by atoms with Gasteiger partial charge >= 0.3 is 12.2 Å². The highest BCUT2D eigenvalue weighted by molar-refractivity contribution is 7.13. The van der Waals surface area contributed by atoms with Crippen molar-refractivity contribution < 1.29 is 27.9 Å². The summed E-state index contributed by atoms with van der Waals surface area (Å²) in [6.45, 7) is 3.88. The van der Waals surface area contributed by atoms with Crippen molar-refractivity contribution in [2.75, 3.05) is 43.4 Å². The van der Waals surface area contributed by atoms with Crippen LogP contribution >= 0.6 is 23.7 Å². The molecule has 1 aliphatic rings. The fourth-order valence-electron chi connectivity index (χ4n) is 4.68. The van der Waals surface area contributed by atoms with E-state index in [9.17, 15) is 27.9 Å². The van der Waals surface area contributed by atoms with Gasteiger partial charge in [-0.05, 0) is 48.5 Å². The van der Waals surface area contributed by atoms with Crippen LogP contribution in [-0.4, -0.2) is 70.8 Å². The van der Waals surface area contributed by atoms with E-state index in [1.165, 1.54) is 35.8 Å². The number of aromatic nitrogens is 1. The topological polar surface area (TPSA) is 122 Å². The van der Waals surface area contributed by atoms with Gasteiger partial charge in [-0.15, -0.1) is 23.7 Å². The van der Waals surface area contributed by atoms with Gasteiger partial charge in [-0.3, -0.25) is 14.6 Å². The first-order valence-electron chi connectivity index (χ1n) is 14.0. The van der Waals surface area contributed by atoms with Gasteiger partial charge in [-0.1, -0.05) is 24.3 Å². The number of phenols is 1. The lowest BCUT2D eigenvalue weighted by molar-refractivity contribution is -0.137. The number of rotatable bonds is 9. The number of hydrazone groups is 1. The number of hydrogen-bond acceptors (Lipinski definition) is 8. The molecule has 0 atom stereocenters. The van der Waals surface area contributed by atoms with Crippen LogP contribution in [0.25, 0.3) is 10.6 Å². The quantitative estimate of drug-likeness (QED) is 0.130. The molecular formula is C31H31ClF3N7O3S. The molecule has 1 fully saturated rings. The van der Waals surface area contributed by atoms with Crippen LogP contribution in [0.1, 0.15) is 16.8 Å². The third-order valence-electron chi connectivity index (χ3n) is 6.97. The second kappa shape index (κ2) is 15.7. The summed E-state index contributed by atoms with van der Waals surface area (Å²) in [4.78, 5) is 33.7. The number of carbonyl (C=O) groups excluding carboxylic acids is 2. The van der Waals surface area contributed by atoms with Crippen molar-refractivity contribution in [1.29, 1.82) is 0 Å². The number of nitrogens with one attached hydrogen (secondary N) is 3. The maximum absolute atomic E-state index is 13.2. The van der Waals surface area contributed by atoms with Crippen LogP contribution in [0.5, 0.6) is 5.75 Å². The van der Waals surface area contributed by atoms with Crippen LogP contribution in [0.3, 0.4) is 0 Å². The standard InChI is InChI=1S/C31H30F3N7O3S.ClH/c32-31(33,34)25-6-2-3-7-26(25)38-30(44)37-23-11-9-21(10-12-23)29-36-24(20-45-29)18-40-13-15-41(16-14-40)19-28(43)39-35-17-22-5-1-4-8-27(22)42;/h1-12,17,20,42H,13-16,18-19H2,(H,39,43)(H2,37,38,44);1H/b35-17+;. The first kappa shape index (κ1) is 34.4. The molecule has 242 valence electrons. The Bertz CT molecular complexity index is 1660. The van der Waals surface area contributed by atoms with E-state index in [1.54, 1.807) is 48.5 Å². The highest BCUT2D eigenvalue weighted by Gasteiger charge is 2.33.